The van der Waals surface area contributed by atoms with Gasteiger partial charge in [0.15, 0.2) is 11.4 Å². The molecule has 7 heteroatoms. The van der Waals surface area contributed by atoms with Gasteiger partial charge in [-0.15, -0.1) is 0 Å². The molecule has 2 aromatic carbocycles. The highest BCUT2D eigenvalue weighted by molar-refractivity contribution is 6.31. The zero-order chi connectivity index (χ0) is 20.6. The molecule has 29 heavy (non-hydrogen) atoms. The molecule has 1 aliphatic heterocycles. The number of pyridine rings is 1. The molecule has 146 valence electrons. The van der Waals surface area contributed by atoms with Gasteiger partial charge in [0.1, 0.15) is 5.69 Å². The van der Waals surface area contributed by atoms with Gasteiger partial charge in [-0.2, -0.15) is 0 Å². The normalized spacial score (nSPS) is 18.0. The molecule has 0 unspecified atom stereocenters. The van der Waals surface area contributed by atoms with E-state index >= 15 is 0 Å². The topological polar surface area (TPSA) is 70.5 Å². The largest absolute Gasteiger partial charge is 0.375 e. The number of hydrogen-bond donors (Lipinski definition) is 1. The molecule has 0 fully saturated rings. The van der Waals surface area contributed by atoms with E-state index in [1.54, 1.807) is 42.5 Å². The van der Waals surface area contributed by atoms with E-state index in [9.17, 15) is 14.7 Å². The van der Waals surface area contributed by atoms with Crippen molar-refractivity contribution in [1.29, 1.82) is 0 Å². The number of anilines is 1. The molecule has 0 saturated carbocycles. The van der Waals surface area contributed by atoms with E-state index in [1.165, 1.54) is 17.2 Å². The second-order valence-corrected chi connectivity index (χ2v) is 7.66. The molecular formula is C22H16Cl2N2O3. The smallest absolute Gasteiger partial charge is 0.264 e. The van der Waals surface area contributed by atoms with Crippen LogP contribution < -0.4 is 4.90 Å². The lowest BCUT2D eigenvalue weighted by Crippen LogP contribution is -2.41. The summed E-state index contributed by atoms with van der Waals surface area (Å²) in [5.41, 5.74) is -0.330. The Balaban J connectivity index is 1.73. The number of Topliss-reactive ketones (excluding diaryl/α,β-unsaturated/α-hetero) is 1. The first-order chi connectivity index (χ1) is 13.9. The van der Waals surface area contributed by atoms with Crippen LogP contribution in [0.1, 0.15) is 28.0 Å². The van der Waals surface area contributed by atoms with E-state index < -0.39 is 23.7 Å². The van der Waals surface area contributed by atoms with E-state index in [-0.39, 0.29) is 12.2 Å². The molecule has 1 N–H and O–H groups in total. The number of rotatable bonds is 5. The monoisotopic (exact) mass is 426 g/mol. The van der Waals surface area contributed by atoms with Crippen LogP contribution in [0.3, 0.4) is 0 Å². The van der Waals surface area contributed by atoms with Gasteiger partial charge in [-0.25, -0.2) is 0 Å². The average Bonchev–Trinajstić information content (AvgIpc) is 2.92. The fourth-order valence-corrected chi connectivity index (χ4v) is 3.87. The summed E-state index contributed by atoms with van der Waals surface area (Å²) in [6.07, 6.45) is 1.05. The van der Waals surface area contributed by atoms with Crippen molar-refractivity contribution < 1.29 is 14.7 Å². The Kier molecular flexibility index (Phi) is 5.13. The molecule has 0 aliphatic carbocycles. The van der Waals surface area contributed by atoms with Crippen molar-refractivity contribution in [2.45, 2.75) is 18.6 Å². The lowest BCUT2D eigenvalue weighted by molar-refractivity contribution is -0.136. The van der Waals surface area contributed by atoms with E-state index in [4.69, 9.17) is 23.2 Å². The summed E-state index contributed by atoms with van der Waals surface area (Å²) < 4.78 is 0. The number of carbonyl (C=O) groups is 2. The van der Waals surface area contributed by atoms with Gasteiger partial charge in [0.2, 0.25) is 0 Å². The Bertz CT molecular complexity index is 1100. The van der Waals surface area contributed by atoms with E-state index in [0.717, 1.165) is 5.56 Å². The lowest BCUT2D eigenvalue weighted by Gasteiger charge is -2.23. The third-order valence-corrected chi connectivity index (χ3v) is 5.55. The minimum Gasteiger partial charge on any atom is -0.375 e. The predicted octanol–water partition coefficient (Wildman–Crippen LogP) is 4.40. The molecule has 0 spiro atoms. The molecule has 1 aliphatic rings. The number of benzene rings is 2. The molecule has 3 aromatic rings. The van der Waals surface area contributed by atoms with Crippen molar-refractivity contribution in [3.8, 4) is 0 Å². The number of nitrogens with zero attached hydrogens (tertiary/aromatic N) is 2. The van der Waals surface area contributed by atoms with Gasteiger partial charge in [0.25, 0.3) is 5.91 Å². The fourth-order valence-electron chi connectivity index (χ4n) is 3.50. The Morgan fingerprint density at radius 1 is 1.07 bits per heavy atom. The van der Waals surface area contributed by atoms with Crippen LogP contribution in [0.2, 0.25) is 10.0 Å². The van der Waals surface area contributed by atoms with Gasteiger partial charge in [-0.3, -0.25) is 14.6 Å². The summed E-state index contributed by atoms with van der Waals surface area (Å²) in [5.74, 6) is -1.04. The quantitative estimate of drug-likeness (QED) is 0.613. The van der Waals surface area contributed by atoms with Gasteiger partial charge in [0, 0.05) is 21.8 Å². The molecule has 5 nitrogen and oxygen atoms in total. The van der Waals surface area contributed by atoms with Crippen LogP contribution in [0.25, 0.3) is 0 Å². The minimum absolute atomic E-state index is 0.160. The number of amides is 1. The number of carbonyl (C=O) groups excluding carboxylic acids is 2. The highest BCUT2D eigenvalue weighted by Crippen LogP contribution is 2.45. The second-order valence-electron chi connectivity index (χ2n) is 6.82. The summed E-state index contributed by atoms with van der Waals surface area (Å²) in [4.78, 5) is 31.5. The van der Waals surface area contributed by atoms with Gasteiger partial charge in [-0.1, -0.05) is 47.5 Å². The maximum absolute atomic E-state index is 13.3. The number of aromatic nitrogens is 1. The zero-order valence-electron chi connectivity index (χ0n) is 15.2. The maximum Gasteiger partial charge on any atom is 0.264 e. The zero-order valence-corrected chi connectivity index (χ0v) is 16.7. The van der Waals surface area contributed by atoms with Crippen LogP contribution in [-0.2, 0) is 16.9 Å². The van der Waals surface area contributed by atoms with Crippen LogP contribution in [0, 0.1) is 0 Å². The van der Waals surface area contributed by atoms with Crippen molar-refractivity contribution >= 4 is 40.6 Å². The van der Waals surface area contributed by atoms with Crippen molar-refractivity contribution in [2.75, 3.05) is 4.90 Å². The number of hydrogen-bond acceptors (Lipinski definition) is 4. The van der Waals surface area contributed by atoms with Crippen molar-refractivity contribution in [2.24, 2.45) is 0 Å². The fraction of sp³-hybridized carbons (Fsp3) is 0.136. The van der Waals surface area contributed by atoms with Gasteiger partial charge < -0.3 is 10.0 Å². The first-order valence-electron chi connectivity index (χ1n) is 8.92. The average molecular weight is 427 g/mol. The first-order valence-corrected chi connectivity index (χ1v) is 9.68. The predicted molar refractivity (Wildman–Crippen MR) is 111 cm³/mol. The molecule has 1 aromatic heterocycles. The SMILES string of the molecule is O=C(C[C@@]1(O)C(=O)N(Cc2ccccc2Cl)c2ccc(Cl)cc21)c1ccccn1. The molecule has 1 amide bonds. The summed E-state index contributed by atoms with van der Waals surface area (Å²) in [5, 5.41) is 12.2. The third kappa shape index (κ3) is 3.53. The standard InChI is InChI=1S/C22H16Cl2N2O3/c23-15-8-9-19-16(11-15)22(29,12-20(27)18-7-3-4-10-25-18)21(28)26(19)13-14-5-1-2-6-17(14)24/h1-11,29H,12-13H2/t22-/m0/s1. The van der Waals surface area contributed by atoms with Crippen molar-refractivity contribution in [3.63, 3.8) is 0 Å². The summed E-state index contributed by atoms with van der Waals surface area (Å²) >= 11 is 12.4. The van der Waals surface area contributed by atoms with E-state index in [0.29, 0.717) is 21.3 Å². The van der Waals surface area contributed by atoms with Crippen molar-refractivity contribution in [1.82, 2.24) is 4.98 Å². The van der Waals surface area contributed by atoms with E-state index in [2.05, 4.69) is 4.98 Å². The molecule has 4 rings (SSSR count). The van der Waals surface area contributed by atoms with Crippen LogP contribution in [0.15, 0.2) is 66.9 Å². The minimum atomic E-state index is -2.03. The molecular weight excluding hydrogens is 411 g/mol. The van der Waals surface area contributed by atoms with Crippen LogP contribution >= 0.6 is 23.2 Å². The number of ketones is 1. The van der Waals surface area contributed by atoms with Gasteiger partial charge >= 0.3 is 0 Å². The molecule has 2 heterocycles. The van der Waals surface area contributed by atoms with Gasteiger partial charge in [-0.05, 0) is 42.0 Å². The first kappa shape index (κ1) is 19.6. The highest BCUT2D eigenvalue weighted by atomic mass is 35.5. The Morgan fingerprint density at radius 2 is 1.83 bits per heavy atom. The van der Waals surface area contributed by atoms with Crippen molar-refractivity contribution in [3.05, 3.63) is 93.7 Å². The molecule has 0 saturated heterocycles. The van der Waals surface area contributed by atoms with Gasteiger partial charge in [0.05, 0.1) is 18.7 Å². The van der Waals surface area contributed by atoms with Crippen LogP contribution in [-0.4, -0.2) is 21.8 Å². The third-order valence-electron chi connectivity index (χ3n) is 4.95. The summed E-state index contributed by atoms with van der Waals surface area (Å²) in [7, 11) is 0. The van der Waals surface area contributed by atoms with Crippen LogP contribution in [0.5, 0.6) is 0 Å². The summed E-state index contributed by atoms with van der Waals surface area (Å²) in [6.45, 7) is 0.160. The molecule has 1 atom stereocenters. The van der Waals surface area contributed by atoms with E-state index in [1.807, 2.05) is 12.1 Å². The number of fused-ring (bicyclic) bond motifs is 1. The Hall–Kier alpha value is -2.73. The van der Waals surface area contributed by atoms with Crippen LogP contribution in [0.4, 0.5) is 5.69 Å². The highest BCUT2D eigenvalue weighted by Gasteiger charge is 2.51. The second kappa shape index (κ2) is 7.59. The number of halogens is 2. The summed E-state index contributed by atoms with van der Waals surface area (Å²) in [6, 6.07) is 16.9. The molecule has 0 bridgehead atoms. The lowest BCUT2D eigenvalue weighted by atomic mass is 9.89. The Morgan fingerprint density at radius 3 is 2.55 bits per heavy atom. The maximum atomic E-state index is 13.3. The molecule has 0 radical (unpaired) electrons. The Labute approximate surface area is 177 Å². The number of aliphatic hydroxyl groups is 1.